The van der Waals surface area contributed by atoms with Gasteiger partial charge in [-0.3, -0.25) is 19.8 Å². The summed E-state index contributed by atoms with van der Waals surface area (Å²) in [6, 6.07) is 16.4. The summed E-state index contributed by atoms with van der Waals surface area (Å²) in [6.07, 6.45) is 8.51. The van der Waals surface area contributed by atoms with E-state index in [1.807, 2.05) is 12.1 Å². The number of rotatable bonds is 16. The van der Waals surface area contributed by atoms with Crippen LogP contribution in [0.1, 0.15) is 106 Å². The second-order valence-corrected chi connectivity index (χ2v) is 25.7. The third kappa shape index (κ3) is 11.3. The number of aromatic nitrogens is 2. The number of nitrogens with one attached hydrogen (secondary N) is 3. The number of anilines is 2. The molecule has 2 aliphatic carbocycles. The number of nitro benzene ring substituents is 1. The number of benzene rings is 3. The molecule has 2 atom stereocenters. The number of sulfonamides is 2. The van der Waals surface area contributed by atoms with Crippen molar-refractivity contribution in [3.8, 4) is 23.1 Å². The number of aliphatic hydroxyl groups is 1. The lowest BCUT2D eigenvalue weighted by Gasteiger charge is -2.58. The van der Waals surface area contributed by atoms with E-state index in [1.54, 1.807) is 23.4 Å². The summed E-state index contributed by atoms with van der Waals surface area (Å²) in [6.45, 7) is 9.18. The van der Waals surface area contributed by atoms with E-state index in [2.05, 4.69) is 55.8 Å². The lowest BCUT2D eigenvalue weighted by molar-refractivity contribution is -0.384. The highest BCUT2D eigenvalue weighted by Crippen LogP contribution is 2.54. The number of fused-ring (bicyclic) bond motifs is 2. The third-order valence-corrected chi connectivity index (χ3v) is 19.1. The van der Waals surface area contributed by atoms with Crippen molar-refractivity contribution in [2.24, 2.45) is 11.3 Å². The molecule has 77 heavy (non-hydrogen) atoms. The number of halogens is 1. The summed E-state index contributed by atoms with van der Waals surface area (Å²) in [5, 5.41) is 26.3. The molecule has 4 fully saturated rings. The Labute approximate surface area is 447 Å². The number of nitro groups is 1. The molecule has 10 rings (SSSR count). The molecule has 5 aromatic rings. The molecule has 3 aliphatic heterocycles. The van der Waals surface area contributed by atoms with E-state index in [0.717, 1.165) is 49.6 Å². The minimum absolute atomic E-state index is 0.0238. The van der Waals surface area contributed by atoms with Gasteiger partial charge in [-0.2, -0.15) is 9.29 Å². The molecule has 2 saturated heterocycles. The van der Waals surface area contributed by atoms with Crippen molar-refractivity contribution >= 4 is 54.0 Å². The Balaban J connectivity index is 0.901. The van der Waals surface area contributed by atoms with Crippen LogP contribution in [0.5, 0.6) is 23.1 Å². The molecule has 2 aromatic heterocycles. The largest absolute Gasteiger partial charge is 0.489 e. The van der Waals surface area contributed by atoms with Gasteiger partial charge in [-0.15, -0.1) is 0 Å². The van der Waals surface area contributed by atoms with Crippen molar-refractivity contribution in [1.29, 1.82) is 0 Å². The van der Waals surface area contributed by atoms with Gasteiger partial charge in [0.25, 0.3) is 27.5 Å². The average molecular weight is 1100 g/mol. The predicted octanol–water partition coefficient (Wildman–Crippen LogP) is 7.85. The lowest BCUT2D eigenvalue weighted by atomic mass is 9.59. The summed E-state index contributed by atoms with van der Waals surface area (Å²) in [5.74, 6) is -1.71. The highest BCUT2D eigenvalue weighted by Gasteiger charge is 2.51. The number of hydrogen-bond acceptors (Lipinski definition) is 16. The Bertz CT molecular complexity index is 3280. The number of piperidine rings is 1. The maximum absolute atomic E-state index is 15.1. The van der Waals surface area contributed by atoms with Crippen molar-refractivity contribution in [1.82, 2.24) is 23.9 Å². The van der Waals surface area contributed by atoms with Crippen LogP contribution in [0.4, 0.5) is 21.5 Å². The molecule has 3 aromatic carbocycles. The molecule has 20 nitrogen and oxygen atoms in total. The second-order valence-electron chi connectivity index (χ2n) is 22.1. The third-order valence-electron chi connectivity index (χ3n) is 16.5. The van der Waals surface area contributed by atoms with E-state index < -0.39 is 52.9 Å². The summed E-state index contributed by atoms with van der Waals surface area (Å²) in [7, 11) is -6.71. The monoisotopic (exact) mass is 1100 g/mol. The number of aromatic amines is 1. The van der Waals surface area contributed by atoms with Crippen molar-refractivity contribution < 1.29 is 55.0 Å². The van der Waals surface area contributed by atoms with E-state index in [9.17, 15) is 36.9 Å². The topological polar surface area (TPSA) is 248 Å². The van der Waals surface area contributed by atoms with Crippen molar-refractivity contribution in [3.05, 3.63) is 99.5 Å². The van der Waals surface area contributed by atoms with Gasteiger partial charge >= 0.3 is 0 Å². The van der Waals surface area contributed by atoms with E-state index in [4.69, 9.17) is 18.9 Å². The first kappa shape index (κ1) is 54.3. The fraction of sp³-hybridized carbons (Fsp3) is 0.519. The zero-order valence-electron chi connectivity index (χ0n) is 43.9. The summed E-state index contributed by atoms with van der Waals surface area (Å²) < 4.78 is 96.3. The zero-order chi connectivity index (χ0) is 54.6. The standard InChI is InChI=1S/C54H67FN8O12S2/c1-33(2)38-8-6-7-9-39(38)45-31-61(76(5,68)69)20-21-62(45)36-28-54(29-36)16-18-60(19-17-54)35-10-11-40(46(24-35)75-48-27-41-42(55)30-56-50(41)58-52(48)73-23-22-72-4)51(64)59-77(70,71)37-25-44(63(66)67)49-47(26-37)74-32-43(57-49)34-12-14-53(3,65)15-13-34/h6-11,24-27,30,33-34,36,43,45,57,65H,12-23,28-29,31-32H2,1-5H3,(H,56,58)(H,59,64)/t34?,43-,45-,53?/m1/s1. The summed E-state index contributed by atoms with van der Waals surface area (Å²) >= 11 is 0. The van der Waals surface area contributed by atoms with Gasteiger partial charge in [0.15, 0.2) is 17.2 Å². The van der Waals surface area contributed by atoms with Crippen LogP contribution in [-0.4, -0.2) is 136 Å². The molecule has 5 heterocycles. The molecule has 0 bridgehead atoms. The Hall–Kier alpha value is -6.11. The van der Waals surface area contributed by atoms with Crippen LogP contribution in [0.15, 0.2) is 71.8 Å². The van der Waals surface area contributed by atoms with Crippen LogP contribution in [0.3, 0.4) is 0 Å². The first-order valence-electron chi connectivity index (χ1n) is 26.3. The lowest BCUT2D eigenvalue weighted by Crippen LogP contribution is -2.60. The quantitative estimate of drug-likeness (QED) is 0.0417. The molecule has 2 saturated carbocycles. The highest BCUT2D eigenvalue weighted by atomic mass is 32.2. The Morgan fingerprint density at radius 2 is 1.74 bits per heavy atom. The van der Waals surface area contributed by atoms with Gasteiger partial charge in [-0.05, 0) is 98.8 Å². The Kier molecular flexibility index (Phi) is 15.0. The number of nitrogens with zero attached hydrogens (tertiary/aromatic N) is 5. The van der Waals surface area contributed by atoms with Crippen LogP contribution in [-0.2, 0) is 24.8 Å². The van der Waals surface area contributed by atoms with E-state index in [-0.39, 0.29) is 101 Å². The molecule has 0 radical (unpaired) electrons. The molecular weight excluding hydrogens is 1040 g/mol. The van der Waals surface area contributed by atoms with E-state index >= 15 is 4.39 Å². The number of pyridine rings is 1. The molecule has 4 N–H and O–H groups in total. The number of amides is 1. The van der Waals surface area contributed by atoms with Gasteiger partial charge in [0.1, 0.15) is 30.4 Å². The average Bonchev–Trinajstić information content (AvgIpc) is 3.82. The summed E-state index contributed by atoms with van der Waals surface area (Å²) in [4.78, 5) is 37.5. The van der Waals surface area contributed by atoms with Crippen LogP contribution in [0.2, 0.25) is 0 Å². The SMILES string of the molecule is COCCOc1nc2[nH]cc(F)c2cc1Oc1cc(N2CCC3(CC2)CC(N2CCN(S(C)(=O)=O)C[C@@H]2c2ccccc2C(C)C)C3)ccc1C(=O)NS(=O)(=O)c1cc2c(c([N+](=O)[O-])c1)N[C@@H](C1CCC(C)(O)CC1)CO2. The normalized spacial score (nSPS) is 23.2. The van der Waals surface area contributed by atoms with Crippen molar-refractivity contribution in [2.45, 2.75) is 107 Å². The molecule has 1 spiro atoms. The number of H-pyrrole nitrogens is 1. The number of carbonyl (C=O) groups is 1. The van der Waals surface area contributed by atoms with Gasteiger partial charge in [0.05, 0.1) is 45.3 Å². The molecule has 5 aliphatic rings. The first-order chi connectivity index (χ1) is 36.6. The number of ether oxygens (including phenoxy) is 4. The molecule has 414 valence electrons. The van der Waals surface area contributed by atoms with E-state index in [1.165, 1.54) is 31.1 Å². The molecule has 0 unspecified atom stereocenters. The smallest absolute Gasteiger partial charge is 0.297 e. The highest BCUT2D eigenvalue weighted by molar-refractivity contribution is 7.90. The van der Waals surface area contributed by atoms with Gasteiger partial charge < -0.3 is 39.3 Å². The zero-order valence-corrected chi connectivity index (χ0v) is 45.6. The number of piperazine rings is 1. The maximum atomic E-state index is 15.1. The second kappa shape index (κ2) is 21.3. The fourth-order valence-electron chi connectivity index (χ4n) is 12.1. The Morgan fingerprint density at radius 3 is 2.44 bits per heavy atom. The van der Waals surface area contributed by atoms with Gasteiger partial charge in [0, 0.05) is 88.1 Å². The molecule has 23 heteroatoms. The van der Waals surface area contributed by atoms with Crippen LogP contribution in [0.25, 0.3) is 11.0 Å². The van der Waals surface area contributed by atoms with Crippen LogP contribution >= 0.6 is 0 Å². The van der Waals surface area contributed by atoms with Gasteiger partial charge in [-0.1, -0.05) is 38.1 Å². The van der Waals surface area contributed by atoms with Gasteiger partial charge in [-0.25, -0.2) is 25.9 Å². The van der Waals surface area contributed by atoms with Gasteiger partial charge in [0.2, 0.25) is 10.0 Å². The predicted molar refractivity (Wildman–Crippen MR) is 286 cm³/mol. The van der Waals surface area contributed by atoms with E-state index in [0.29, 0.717) is 64.1 Å². The number of hydrogen-bond donors (Lipinski definition) is 4. The summed E-state index contributed by atoms with van der Waals surface area (Å²) in [5.41, 5.74) is 1.74. The number of carbonyl (C=O) groups excluding carboxylic acids is 1. The minimum atomic E-state index is -4.81. The Morgan fingerprint density at radius 1 is 1.00 bits per heavy atom. The van der Waals surface area contributed by atoms with Crippen LogP contribution in [0, 0.1) is 27.3 Å². The first-order valence-corrected chi connectivity index (χ1v) is 29.6. The van der Waals surface area contributed by atoms with Crippen LogP contribution < -0.4 is 29.1 Å². The maximum Gasteiger partial charge on any atom is 0.297 e. The fourth-order valence-corrected chi connectivity index (χ4v) is 13.9. The van der Waals surface area contributed by atoms with Crippen molar-refractivity contribution in [3.63, 3.8) is 0 Å². The number of methoxy groups -OCH3 is 1. The minimum Gasteiger partial charge on any atom is -0.489 e. The molecular formula is C54H67FN8O12S2. The molecule has 1 amide bonds. The van der Waals surface area contributed by atoms with Crippen molar-refractivity contribution in [2.75, 3.05) is 76.1 Å².